The highest BCUT2D eigenvalue weighted by Crippen LogP contribution is 2.38. The van der Waals surface area contributed by atoms with Crippen LogP contribution in [0, 0.1) is 20.2 Å². The highest BCUT2D eigenvalue weighted by atomic mass is 32.1. The monoisotopic (exact) mass is 601 g/mol. The molecule has 0 fully saturated rings. The maximum atomic E-state index is 13.0. The number of nitrogens with one attached hydrogen (secondary N) is 2. The van der Waals surface area contributed by atoms with Crippen LogP contribution >= 0.6 is 11.3 Å². The van der Waals surface area contributed by atoms with Crippen molar-refractivity contribution in [3.63, 3.8) is 0 Å². The zero-order valence-electron chi connectivity index (χ0n) is 22.5. The summed E-state index contributed by atoms with van der Waals surface area (Å²) in [5, 5.41) is 31.0. The van der Waals surface area contributed by atoms with Crippen molar-refractivity contribution in [3.05, 3.63) is 126 Å². The molecule has 0 saturated carbocycles. The van der Waals surface area contributed by atoms with E-state index in [1.165, 1.54) is 35.8 Å². The number of ether oxygens (including phenoxy) is 2. The maximum Gasteiger partial charge on any atom is 0.318 e. The molecule has 1 heterocycles. The summed E-state index contributed by atoms with van der Waals surface area (Å²) < 4.78 is 11.3. The third kappa shape index (κ3) is 8.08. The molecule has 0 unspecified atom stereocenters. The Morgan fingerprint density at radius 3 is 2.37 bits per heavy atom. The summed E-state index contributed by atoms with van der Waals surface area (Å²) in [7, 11) is 0. The molecule has 13 nitrogen and oxygen atoms in total. The van der Waals surface area contributed by atoms with Gasteiger partial charge in [-0.3, -0.25) is 29.8 Å². The van der Waals surface area contributed by atoms with E-state index in [-0.39, 0.29) is 29.6 Å². The van der Waals surface area contributed by atoms with Gasteiger partial charge in [0, 0.05) is 16.5 Å². The molecule has 0 bridgehead atoms. The Labute approximate surface area is 248 Å². The number of hydrogen-bond donors (Lipinski definition) is 2. The van der Waals surface area contributed by atoms with E-state index in [1.807, 2.05) is 11.4 Å². The Morgan fingerprint density at radius 2 is 1.70 bits per heavy atom. The summed E-state index contributed by atoms with van der Waals surface area (Å²) in [6, 6.07) is 19.6. The molecule has 3 aromatic carbocycles. The van der Waals surface area contributed by atoms with Crippen LogP contribution in [0.25, 0.3) is 6.08 Å². The van der Waals surface area contributed by atoms with Crippen molar-refractivity contribution in [1.29, 1.82) is 0 Å². The number of carbonyl (C=O) groups excluding carboxylic acids is 2. The van der Waals surface area contributed by atoms with Crippen molar-refractivity contribution in [3.8, 4) is 17.2 Å². The van der Waals surface area contributed by atoms with Crippen LogP contribution in [0.15, 0.2) is 95.0 Å². The van der Waals surface area contributed by atoms with E-state index in [9.17, 15) is 29.8 Å². The fourth-order valence-electron chi connectivity index (χ4n) is 3.61. The van der Waals surface area contributed by atoms with Crippen molar-refractivity contribution in [2.45, 2.75) is 6.92 Å². The van der Waals surface area contributed by atoms with E-state index in [1.54, 1.807) is 49.4 Å². The number of rotatable bonds is 12. The van der Waals surface area contributed by atoms with Gasteiger partial charge in [0.1, 0.15) is 5.70 Å². The zero-order valence-corrected chi connectivity index (χ0v) is 23.3. The largest absolute Gasteiger partial charge is 0.490 e. The van der Waals surface area contributed by atoms with Crippen LogP contribution in [0.5, 0.6) is 17.2 Å². The van der Waals surface area contributed by atoms with Crippen LogP contribution in [-0.2, 0) is 4.79 Å². The van der Waals surface area contributed by atoms with E-state index in [2.05, 4.69) is 15.8 Å². The normalized spacial score (nSPS) is 11.1. The molecule has 1 aromatic heterocycles. The Balaban J connectivity index is 1.51. The smallest absolute Gasteiger partial charge is 0.318 e. The summed E-state index contributed by atoms with van der Waals surface area (Å²) in [6.07, 6.45) is 2.87. The first-order chi connectivity index (χ1) is 20.7. The van der Waals surface area contributed by atoms with E-state index >= 15 is 0 Å². The lowest BCUT2D eigenvalue weighted by molar-refractivity contribution is -0.394. The van der Waals surface area contributed by atoms with Gasteiger partial charge in [-0.25, -0.2) is 5.43 Å². The summed E-state index contributed by atoms with van der Waals surface area (Å²) in [6.45, 7) is 1.96. The molecule has 4 aromatic rings. The van der Waals surface area contributed by atoms with Crippen LogP contribution in [-0.4, -0.2) is 34.5 Å². The summed E-state index contributed by atoms with van der Waals surface area (Å²) >= 11 is 1.39. The third-order valence-corrected chi connectivity index (χ3v) is 6.40. The lowest BCUT2D eigenvalue weighted by atomic mass is 10.2. The van der Waals surface area contributed by atoms with Gasteiger partial charge in [0.2, 0.25) is 5.75 Å². The van der Waals surface area contributed by atoms with Crippen LogP contribution in [0.4, 0.5) is 11.4 Å². The van der Waals surface area contributed by atoms with E-state index in [0.717, 1.165) is 23.1 Å². The molecular weight excluding hydrogens is 578 g/mol. The van der Waals surface area contributed by atoms with Crippen molar-refractivity contribution >= 4 is 46.8 Å². The third-order valence-electron chi connectivity index (χ3n) is 5.58. The molecule has 0 saturated heterocycles. The van der Waals surface area contributed by atoms with Gasteiger partial charge >= 0.3 is 5.69 Å². The predicted octanol–water partition coefficient (Wildman–Crippen LogP) is 5.68. The van der Waals surface area contributed by atoms with Crippen molar-refractivity contribution in [2.75, 3.05) is 6.61 Å². The molecule has 43 heavy (non-hydrogen) atoms. The summed E-state index contributed by atoms with van der Waals surface area (Å²) in [4.78, 5) is 47.4. The van der Waals surface area contributed by atoms with Gasteiger partial charge in [-0.15, -0.1) is 11.3 Å². The van der Waals surface area contributed by atoms with Crippen LogP contribution in [0.2, 0.25) is 0 Å². The van der Waals surface area contributed by atoms with E-state index in [0.29, 0.717) is 11.1 Å². The molecule has 0 radical (unpaired) electrons. The second kappa shape index (κ2) is 14.1. The molecule has 0 spiro atoms. The predicted molar refractivity (Wildman–Crippen MR) is 159 cm³/mol. The summed E-state index contributed by atoms with van der Waals surface area (Å²) in [5.41, 5.74) is 2.19. The first-order valence-corrected chi connectivity index (χ1v) is 13.5. The number of nitro benzene ring substituents is 2. The molecule has 4 rings (SSSR count). The Kier molecular flexibility index (Phi) is 9.89. The number of benzene rings is 3. The van der Waals surface area contributed by atoms with Crippen molar-refractivity contribution in [2.24, 2.45) is 5.10 Å². The van der Waals surface area contributed by atoms with E-state index < -0.39 is 33.0 Å². The Morgan fingerprint density at radius 1 is 0.930 bits per heavy atom. The average molecular weight is 602 g/mol. The number of thiophene rings is 1. The maximum absolute atomic E-state index is 13.0. The van der Waals surface area contributed by atoms with Crippen molar-refractivity contribution < 1.29 is 28.9 Å². The highest BCUT2D eigenvalue weighted by Gasteiger charge is 2.22. The lowest BCUT2D eigenvalue weighted by Crippen LogP contribution is -2.32. The minimum absolute atomic E-state index is 0.0168. The quantitative estimate of drug-likeness (QED) is 0.0902. The van der Waals surface area contributed by atoms with Gasteiger partial charge in [0.25, 0.3) is 17.5 Å². The highest BCUT2D eigenvalue weighted by molar-refractivity contribution is 7.10. The van der Waals surface area contributed by atoms with Crippen LogP contribution in [0.3, 0.4) is 0 Å². The Bertz CT molecular complexity index is 1710. The second-order valence-electron chi connectivity index (χ2n) is 8.50. The molecule has 0 aliphatic carbocycles. The minimum Gasteiger partial charge on any atom is -0.490 e. The minimum atomic E-state index is -0.782. The van der Waals surface area contributed by atoms with Gasteiger partial charge in [0.15, 0.2) is 11.5 Å². The standard InChI is InChI=1S/C29H23N5O8S/c1-2-41-27-15-19(10-12-26(27)42-25-13-11-21(33(37)38)16-24(25)34(39)40)18-30-32-29(36)23(17-22-9-6-14-43-22)31-28(35)20-7-4-3-5-8-20/h3-18H,2H2,1H3,(H,31,35)(H,32,36). The molecule has 0 aliphatic rings. The first-order valence-electron chi connectivity index (χ1n) is 12.6. The number of nitro groups is 2. The molecule has 14 heteroatoms. The average Bonchev–Trinajstić information content (AvgIpc) is 3.51. The summed E-state index contributed by atoms with van der Waals surface area (Å²) in [5.74, 6) is -1.02. The molecule has 2 N–H and O–H groups in total. The second-order valence-corrected chi connectivity index (χ2v) is 9.48. The molecule has 218 valence electrons. The fourth-order valence-corrected chi connectivity index (χ4v) is 4.27. The lowest BCUT2D eigenvalue weighted by Gasteiger charge is -2.12. The first kappa shape index (κ1) is 30.1. The zero-order chi connectivity index (χ0) is 30.8. The molecule has 2 amide bonds. The van der Waals surface area contributed by atoms with E-state index in [4.69, 9.17) is 9.47 Å². The van der Waals surface area contributed by atoms with Gasteiger partial charge < -0.3 is 14.8 Å². The van der Waals surface area contributed by atoms with Crippen LogP contribution in [0.1, 0.15) is 27.7 Å². The SMILES string of the molecule is CCOc1cc(C=NNC(=O)C(=Cc2cccs2)NC(=O)c2ccccc2)ccc1Oc1ccc([N+](=O)[O-])cc1[N+](=O)[O-]. The number of non-ortho nitro benzene ring substituents is 1. The molecular formula is C29H23N5O8S. The number of carbonyl (C=O) groups is 2. The molecule has 0 aliphatic heterocycles. The van der Waals surface area contributed by atoms with Gasteiger partial charge in [-0.2, -0.15) is 5.10 Å². The number of hydrogen-bond acceptors (Lipinski definition) is 10. The van der Waals surface area contributed by atoms with Crippen molar-refractivity contribution in [1.82, 2.24) is 10.7 Å². The number of amides is 2. The fraction of sp³-hybridized carbons (Fsp3) is 0.0690. The Hall–Kier alpha value is -5.89. The topological polar surface area (TPSA) is 175 Å². The van der Waals surface area contributed by atoms with Gasteiger partial charge in [0.05, 0.1) is 28.7 Å². The number of hydrazone groups is 1. The van der Waals surface area contributed by atoms with Gasteiger partial charge in [-0.1, -0.05) is 24.3 Å². The molecule has 0 atom stereocenters. The number of nitrogens with zero attached hydrogens (tertiary/aromatic N) is 3. The van der Waals surface area contributed by atoms with Crippen LogP contribution < -0.4 is 20.2 Å². The van der Waals surface area contributed by atoms with Gasteiger partial charge in [-0.05, 0) is 66.4 Å².